The van der Waals surface area contributed by atoms with Crippen LogP contribution in [0, 0.1) is 0 Å². The van der Waals surface area contributed by atoms with Gasteiger partial charge in [0.15, 0.2) is 6.10 Å². The summed E-state index contributed by atoms with van der Waals surface area (Å²) in [6.07, 6.45) is 2.00. The molecule has 1 unspecified atom stereocenters. The van der Waals surface area contributed by atoms with Crippen LogP contribution in [0.4, 0.5) is 0 Å². The van der Waals surface area contributed by atoms with Gasteiger partial charge in [-0.25, -0.2) is 4.79 Å². The lowest BCUT2D eigenvalue weighted by Crippen LogP contribution is -2.28. The molecular formula is C26H28O4S. The predicted molar refractivity (Wildman–Crippen MR) is 126 cm³/mol. The van der Waals surface area contributed by atoms with E-state index >= 15 is 0 Å². The van der Waals surface area contributed by atoms with Crippen LogP contribution in [0.2, 0.25) is 0 Å². The standard InChI is InChI=1S/C26H28O4S/c1-3-28-24(26(27)29-4-2)19-20-12-14-22(15-13-20)30-17-16-23(25-11-8-18-31-25)21-9-6-5-7-10-21/h5-16,18,24H,3-4,17,19H2,1-2H3/b23-16+. The fraction of sp³-hybridized carbons (Fsp3) is 0.269. The Morgan fingerprint density at radius 1 is 0.968 bits per heavy atom. The summed E-state index contributed by atoms with van der Waals surface area (Å²) >= 11 is 1.72. The zero-order valence-electron chi connectivity index (χ0n) is 18.0. The SMILES string of the molecule is CCOC(=O)C(Cc1ccc(OC/C=C(\c2ccccc2)c2cccs2)cc1)OCC. The van der Waals surface area contributed by atoms with E-state index in [1.54, 1.807) is 18.3 Å². The average molecular weight is 437 g/mol. The minimum absolute atomic E-state index is 0.322. The highest BCUT2D eigenvalue weighted by molar-refractivity contribution is 7.11. The van der Waals surface area contributed by atoms with E-state index in [1.165, 1.54) is 16.0 Å². The van der Waals surface area contributed by atoms with E-state index in [4.69, 9.17) is 14.2 Å². The Morgan fingerprint density at radius 3 is 2.39 bits per heavy atom. The molecule has 2 aromatic carbocycles. The van der Waals surface area contributed by atoms with Gasteiger partial charge in [0.2, 0.25) is 0 Å². The van der Waals surface area contributed by atoms with Crippen molar-refractivity contribution in [2.75, 3.05) is 19.8 Å². The largest absolute Gasteiger partial charge is 0.490 e. The van der Waals surface area contributed by atoms with Crippen LogP contribution >= 0.6 is 11.3 Å². The Morgan fingerprint density at radius 2 is 1.74 bits per heavy atom. The first kappa shape index (κ1) is 22.8. The van der Waals surface area contributed by atoms with Crippen molar-refractivity contribution >= 4 is 22.9 Å². The molecule has 0 bridgehead atoms. The van der Waals surface area contributed by atoms with Gasteiger partial charge in [0.1, 0.15) is 12.4 Å². The lowest BCUT2D eigenvalue weighted by molar-refractivity contribution is -0.156. The van der Waals surface area contributed by atoms with Gasteiger partial charge in [-0.15, -0.1) is 11.3 Å². The number of hydrogen-bond donors (Lipinski definition) is 0. The minimum Gasteiger partial charge on any atom is -0.490 e. The second kappa shape index (κ2) is 12.1. The van der Waals surface area contributed by atoms with Crippen LogP contribution in [0.25, 0.3) is 5.57 Å². The number of esters is 1. The predicted octanol–water partition coefficient (Wildman–Crippen LogP) is 5.77. The van der Waals surface area contributed by atoms with Gasteiger partial charge in [0.25, 0.3) is 0 Å². The fourth-order valence-corrected chi connectivity index (χ4v) is 4.00. The monoisotopic (exact) mass is 436 g/mol. The molecule has 4 nitrogen and oxygen atoms in total. The maximum absolute atomic E-state index is 12.0. The lowest BCUT2D eigenvalue weighted by atomic mass is 10.0. The molecule has 0 radical (unpaired) electrons. The van der Waals surface area contributed by atoms with E-state index in [0.29, 0.717) is 26.2 Å². The zero-order valence-corrected chi connectivity index (χ0v) is 18.8. The third-order valence-corrected chi connectivity index (χ3v) is 5.57. The van der Waals surface area contributed by atoms with Gasteiger partial charge >= 0.3 is 5.97 Å². The van der Waals surface area contributed by atoms with Crippen LogP contribution in [-0.4, -0.2) is 31.9 Å². The molecule has 0 amide bonds. The topological polar surface area (TPSA) is 44.8 Å². The van der Waals surface area contributed by atoms with E-state index in [9.17, 15) is 4.79 Å². The van der Waals surface area contributed by atoms with Crippen LogP contribution in [0.1, 0.15) is 29.9 Å². The molecule has 0 spiro atoms. The lowest BCUT2D eigenvalue weighted by Gasteiger charge is -2.15. The first-order valence-electron chi connectivity index (χ1n) is 10.5. The Bertz CT molecular complexity index is 947. The van der Waals surface area contributed by atoms with Crippen molar-refractivity contribution in [2.24, 2.45) is 0 Å². The summed E-state index contributed by atoms with van der Waals surface area (Å²) < 4.78 is 16.6. The summed E-state index contributed by atoms with van der Waals surface area (Å²) in [7, 11) is 0. The summed E-state index contributed by atoms with van der Waals surface area (Å²) in [6, 6.07) is 22.3. The van der Waals surface area contributed by atoms with E-state index in [0.717, 1.165) is 11.3 Å². The molecular weight excluding hydrogens is 408 g/mol. The molecule has 1 aromatic heterocycles. The van der Waals surface area contributed by atoms with Gasteiger partial charge in [-0.2, -0.15) is 0 Å². The van der Waals surface area contributed by atoms with E-state index in [1.807, 2.05) is 49.4 Å². The highest BCUT2D eigenvalue weighted by atomic mass is 32.1. The summed E-state index contributed by atoms with van der Waals surface area (Å²) in [6.45, 7) is 4.94. The number of benzene rings is 2. The Labute approximate surface area is 188 Å². The summed E-state index contributed by atoms with van der Waals surface area (Å²) in [4.78, 5) is 13.3. The second-order valence-electron chi connectivity index (χ2n) is 6.82. The molecule has 3 rings (SSSR count). The first-order chi connectivity index (χ1) is 15.2. The third kappa shape index (κ3) is 6.81. The van der Waals surface area contributed by atoms with Crippen LogP contribution < -0.4 is 4.74 Å². The van der Waals surface area contributed by atoms with Gasteiger partial charge in [-0.1, -0.05) is 48.5 Å². The van der Waals surface area contributed by atoms with Crippen LogP contribution in [0.3, 0.4) is 0 Å². The zero-order chi connectivity index (χ0) is 21.9. The normalized spacial score (nSPS) is 12.4. The second-order valence-corrected chi connectivity index (χ2v) is 7.76. The van der Waals surface area contributed by atoms with Crippen molar-refractivity contribution in [1.29, 1.82) is 0 Å². The van der Waals surface area contributed by atoms with Crippen molar-refractivity contribution in [3.63, 3.8) is 0 Å². The molecule has 1 atom stereocenters. The summed E-state index contributed by atoms with van der Waals surface area (Å²) in [5, 5.41) is 2.08. The highest BCUT2D eigenvalue weighted by Crippen LogP contribution is 2.27. The average Bonchev–Trinajstić information content (AvgIpc) is 3.33. The van der Waals surface area contributed by atoms with Crippen molar-refractivity contribution in [1.82, 2.24) is 0 Å². The quantitative estimate of drug-likeness (QED) is 0.358. The number of ether oxygens (including phenoxy) is 3. The fourth-order valence-electron chi connectivity index (χ4n) is 3.21. The van der Waals surface area contributed by atoms with Crippen molar-refractivity contribution in [3.8, 4) is 5.75 Å². The molecule has 0 aliphatic rings. The number of hydrogen-bond acceptors (Lipinski definition) is 5. The van der Waals surface area contributed by atoms with Gasteiger partial charge in [0, 0.05) is 17.9 Å². The molecule has 5 heteroatoms. The molecule has 0 fully saturated rings. The van der Waals surface area contributed by atoms with Gasteiger partial charge in [-0.3, -0.25) is 0 Å². The van der Waals surface area contributed by atoms with E-state index in [2.05, 4.69) is 35.7 Å². The summed E-state index contributed by atoms with van der Waals surface area (Å²) in [5.41, 5.74) is 3.34. The van der Waals surface area contributed by atoms with Gasteiger partial charge < -0.3 is 14.2 Å². The van der Waals surface area contributed by atoms with Crippen molar-refractivity contribution < 1.29 is 19.0 Å². The Hall–Kier alpha value is -2.89. The molecule has 162 valence electrons. The molecule has 3 aromatic rings. The highest BCUT2D eigenvalue weighted by Gasteiger charge is 2.20. The smallest absolute Gasteiger partial charge is 0.335 e. The van der Waals surface area contributed by atoms with Crippen molar-refractivity contribution in [2.45, 2.75) is 26.4 Å². The maximum Gasteiger partial charge on any atom is 0.335 e. The molecule has 31 heavy (non-hydrogen) atoms. The number of thiophene rings is 1. The maximum atomic E-state index is 12.0. The number of carbonyl (C=O) groups is 1. The van der Waals surface area contributed by atoms with E-state index in [-0.39, 0.29) is 5.97 Å². The molecule has 0 aliphatic heterocycles. The minimum atomic E-state index is -0.584. The van der Waals surface area contributed by atoms with Gasteiger partial charge in [-0.05, 0) is 60.2 Å². The third-order valence-electron chi connectivity index (χ3n) is 4.67. The molecule has 1 heterocycles. The van der Waals surface area contributed by atoms with Crippen LogP contribution in [0.5, 0.6) is 5.75 Å². The first-order valence-corrected chi connectivity index (χ1v) is 11.4. The number of rotatable bonds is 11. The molecule has 0 N–H and O–H groups in total. The van der Waals surface area contributed by atoms with Crippen LogP contribution in [-0.2, 0) is 20.7 Å². The van der Waals surface area contributed by atoms with Crippen LogP contribution in [0.15, 0.2) is 78.2 Å². The van der Waals surface area contributed by atoms with Gasteiger partial charge in [0.05, 0.1) is 6.61 Å². The van der Waals surface area contributed by atoms with E-state index < -0.39 is 6.10 Å². The number of carbonyl (C=O) groups excluding carboxylic acids is 1. The Kier molecular flexibility index (Phi) is 8.88. The van der Waals surface area contributed by atoms with Crippen molar-refractivity contribution in [3.05, 3.63) is 94.2 Å². The molecule has 0 saturated carbocycles. The molecule has 0 aliphatic carbocycles. The summed E-state index contributed by atoms with van der Waals surface area (Å²) in [5.74, 6) is 0.458. The molecule has 0 saturated heterocycles. The Balaban J connectivity index is 1.63.